The van der Waals surface area contributed by atoms with Crippen molar-refractivity contribution in [1.82, 2.24) is 0 Å². The molecule has 2 aliphatic rings. The number of carboxylic acids is 1. The highest BCUT2D eigenvalue weighted by molar-refractivity contribution is 7.93. The van der Waals surface area contributed by atoms with Crippen molar-refractivity contribution in [3.05, 3.63) is 29.3 Å². The van der Waals surface area contributed by atoms with Gasteiger partial charge in [0.25, 0.3) is 0 Å². The van der Waals surface area contributed by atoms with E-state index in [1.807, 2.05) is 0 Å². The van der Waals surface area contributed by atoms with Crippen molar-refractivity contribution in [2.75, 3.05) is 10.8 Å². The van der Waals surface area contributed by atoms with E-state index >= 15 is 0 Å². The highest BCUT2D eigenvalue weighted by Gasteiger charge is 2.42. The maximum absolute atomic E-state index is 12.2. The molecule has 1 aromatic carbocycles. The van der Waals surface area contributed by atoms with E-state index in [2.05, 4.69) is 0 Å². The van der Waals surface area contributed by atoms with Crippen LogP contribution in [0, 0.1) is 0 Å². The Kier molecular flexibility index (Phi) is 2.38. The molecule has 0 atom stereocenters. The van der Waals surface area contributed by atoms with Gasteiger partial charge >= 0.3 is 5.97 Å². The first-order valence-electron chi connectivity index (χ1n) is 5.88. The predicted molar refractivity (Wildman–Crippen MR) is 66.4 cm³/mol. The minimum absolute atomic E-state index is 0.208. The van der Waals surface area contributed by atoms with E-state index in [4.69, 9.17) is 5.11 Å². The molecule has 0 bridgehead atoms. The molecule has 18 heavy (non-hydrogen) atoms. The quantitative estimate of drug-likeness (QED) is 0.894. The predicted octanol–water partition coefficient (Wildman–Crippen LogP) is 1.24. The molecule has 1 saturated carbocycles. The number of hydrogen-bond acceptors (Lipinski definition) is 3. The first kappa shape index (κ1) is 11.5. The summed E-state index contributed by atoms with van der Waals surface area (Å²) < 4.78 is 25.8. The zero-order valence-electron chi connectivity index (χ0n) is 9.67. The number of hydrogen-bond donors (Lipinski definition) is 1. The van der Waals surface area contributed by atoms with Crippen molar-refractivity contribution in [3.63, 3.8) is 0 Å². The van der Waals surface area contributed by atoms with Gasteiger partial charge in [0.2, 0.25) is 10.0 Å². The van der Waals surface area contributed by atoms with Gasteiger partial charge in [0.05, 0.1) is 16.5 Å². The summed E-state index contributed by atoms with van der Waals surface area (Å²) in [4.78, 5) is 10.9. The zero-order valence-corrected chi connectivity index (χ0v) is 10.5. The van der Waals surface area contributed by atoms with Crippen molar-refractivity contribution in [2.45, 2.75) is 24.5 Å². The summed E-state index contributed by atoms with van der Waals surface area (Å²) in [6.45, 7) is 0.428. The lowest BCUT2D eigenvalue weighted by Crippen LogP contribution is -2.32. The Labute approximate surface area is 105 Å². The fourth-order valence-corrected chi connectivity index (χ4v) is 4.20. The van der Waals surface area contributed by atoms with E-state index in [9.17, 15) is 13.2 Å². The second kappa shape index (κ2) is 3.71. The Balaban J connectivity index is 2.00. The molecule has 1 heterocycles. The largest absolute Gasteiger partial charge is 0.478 e. The van der Waals surface area contributed by atoms with E-state index in [1.54, 1.807) is 12.1 Å². The highest BCUT2D eigenvalue weighted by Crippen LogP contribution is 2.38. The molecule has 0 saturated heterocycles. The van der Waals surface area contributed by atoms with Crippen LogP contribution in [0.2, 0.25) is 0 Å². The van der Waals surface area contributed by atoms with Crippen molar-refractivity contribution in [3.8, 4) is 0 Å². The molecule has 0 amide bonds. The molecule has 5 nitrogen and oxygen atoms in total. The Hall–Kier alpha value is -1.56. The second-order valence-electron chi connectivity index (χ2n) is 4.72. The lowest BCUT2D eigenvalue weighted by atomic mass is 10.1. The number of carboxylic acid groups (broad SMARTS) is 1. The van der Waals surface area contributed by atoms with Gasteiger partial charge in [0.1, 0.15) is 0 Å². The summed E-state index contributed by atoms with van der Waals surface area (Å²) in [5, 5.41) is 8.67. The average molecular weight is 267 g/mol. The first-order valence-corrected chi connectivity index (χ1v) is 7.38. The number of aromatic carboxylic acids is 1. The van der Waals surface area contributed by atoms with Crippen molar-refractivity contribution in [1.29, 1.82) is 0 Å². The van der Waals surface area contributed by atoms with Crippen LogP contribution in [-0.2, 0) is 16.4 Å². The molecule has 1 aromatic rings. The number of rotatable bonds is 3. The van der Waals surface area contributed by atoms with Gasteiger partial charge in [-0.1, -0.05) is 0 Å². The number of sulfonamides is 1. The van der Waals surface area contributed by atoms with E-state index in [0.29, 0.717) is 18.7 Å². The van der Waals surface area contributed by atoms with Crippen molar-refractivity contribution < 1.29 is 18.3 Å². The molecular weight excluding hydrogens is 254 g/mol. The fraction of sp³-hybridized carbons (Fsp3) is 0.417. The van der Waals surface area contributed by atoms with E-state index in [0.717, 1.165) is 18.4 Å². The third-order valence-electron chi connectivity index (χ3n) is 3.43. The van der Waals surface area contributed by atoms with Crippen LogP contribution in [0.3, 0.4) is 0 Å². The van der Waals surface area contributed by atoms with Crippen LogP contribution in [0.25, 0.3) is 0 Å². The highest BCUT2D eigenvalue weighted by atomic mass is 32.2. The van der Waals surface area contributed by atoms with Crippen LogP contribution in [-0.4, -0.2) is 31.3 Å². The van der Waals surface area contributed by atoms with Crippen LogP contribution in [0.15, 0.2) is 18.2 Å². The van der Waals surface area contributed by atoms with Crippen molar-refractivity contribution in [2.24, 2.45) is 0 Å². The monoisotopic (exact) mass is 267 g/mol. The van der Waals surface area contributed by atoms with Crippen LogP contribution < -0.4 is 4.31 Å². The summed E-state index contributed by atoms with van der Waals surface area (Å²) >= 11 is 0. The maximum atomic E-state index is 12.2. The van der Waals surface area contributed by atoms with Gasteiger partial charge in [-0.05, 0) is 43.0 Å². The molecule has 0 radical (unpaired) electrons. The summed E-state index contributed by atoms with van der Waals surface area (Å²) in [6.07, 6.45) is 2.06. The van der Waals surface area contributed by atoms with Crippen LogP contribution in [0.5, 0.6) is 0 Å². The van der Waals surface area contributed by atoms with Gasteiger partial charge < -0.3 is 5.11 Å². The summed E-state index contributed by atoms with van der Waals surface area (Å²) in [5.74, 6) is -0.985. The molecule has 96 valence electrons. The van der Waals surface area contributed by atoms with Gasteiger partial charge in [-0.2, -0.15) is 0 Å². The van der Waals surface area contributed by atoms with Crippen LogP contribution in [0.4, 0.5) is 5.69 Å². The molecule has 0 unspecified atom stereocenters. The normalized spacial score (nSPS) is 18.8. The van der Waals surface area contributed by atoms with Gasteiger partial charge in [-0.3, -0.25) is 4.31 Å². The molecule has 1 aliphatic carbocycles. The van der Waals surface area contributed by atoms with Crippen LogP contribution in [0.1, 0.15) is 28.8 Å². The van der Waals surface area contributed by atoms with Gasteiger partial charge in [-0.15, -0.1) is 0 Å². The lowest BCUT2D eigenvalue weighted by molar-refractivity contribution is 0.0697. The van der Waals surface area contributed by atoms with Gasteiger partial charge in [0.15, 0.2) is 0 Å². The summed E-state index contributed by atoms with van der Waals surface area (Å²) in [5.41, 5.74) is 1.66. The van der Waals surface area contributed by atoms with E-state index in [-0.39, 0.29) is 10.8 Å². The molecule has 1 fully saturated rings. The third kappa shape index (κ3) is 1.68. The van der Waals surface area contributed by atoms with Crippen LogP contribution >= 0.6 is 0 Å². The first-order chi connectivity index (χ1) is 8.50. The Morgan fingerprint density at radius 2 is 2.06 bits per heavy atom. The minimum Gasteiger partial charge on any atom is -0.478 e. The van der Waals surface area contributed by atoms with Gasteiger partial charge in [0, 0.05) is 6.54 Å². The van der Waals surface area contributed by atoms with E-state index < -0.39 is 16.0 Å². The summed E-state index contributed by atoms with van der Waals surface area (Å²) in [7, 11) is -3.23. The third-order valence-corrected chi connectivity index (χ3v) is 5.74. The smallest absolute Gasteiger partial charge is 0.335 e. The number of benzene rings is 1. The maximum Gasteiger partial charge on any atom is 0.335 e. The molecule has 0 spiro atoms. The van der Waals surface area contributed by atoms with Gasteiger partial charge in [-0.25, -0.2) is 13.2 Å². The molecular formula is C12H13NO4S. The Morgan fingerprint density at radius 3 is 2.67 bits per heavy atom. The SMILES string of the molecule is O=C(O)c1ccc2c(c1)CCN2S(=O)(=O)C1CC1. The van der Waals surface area contributed by atoms with Crippen molar-refractivity contribution >= 4 is 21.7 Å². The molecule has 1 aliphatic heterocycles. The number of anilines is 1. The number of carbonyl (C=O) groups is 1. The lowest BCUT2D eigenvalue weighted by Gasteiger charge is -2.19. The number of nitrogens with zero attached hydrogens (tertiary/aromatic N) is 1. The Morgan fingerprint density at radius 1 is 1.33 bits per heavy atom. The minimum atomic E-state index is -3.23. The fourth-order valence-electron chi connectivity index (χ4n) is 2.31. The molecule has 1 N–H and O–H groups in total. The molecule has 6 heteroatoms. The molecule has 3 rings (SSSR count). The average Bonchev–Trinajstić information content (AvgIpc) is 3.08. The Bertz CT molecular complexity index is 619. The van der Waals surface area contributed by atoms with E-state index in [1.165, 1.54) is 10.4 Å². The topological polar surface area (TPSA) is 74.7 Å². The second-order valence-corrected chi connectivity index (χ2v) is 6.85. The summed E-state index contributed by atoms with van der Waals surface area (Å²) in [6, 6.07) is 4.63. The zero-order chi connectivity index (χ0) is 12.9. The number of fused-ring (bicyclic) bond motifs is 1. The molecule has 0 aromatic heterocycles. The standard InChI is InChI=1S/C12H13NO4S/c14-12(15)9-1-4-11-8(7-9)5-6-13(11)18(16,17)10-2-3-10/h1,4,7,10H,2-3,5-6H2,(H,14,15).